The molecule has 22 heavy (non-hydrogen) atoms. The first kappa shape index (κ1) is 15.8. The third-order valence-corrected chi connectivity index (χ3v) is 3.62. The molecule has 1 amide bonds. The molecule has 0 atom stereocenters. The molecule has 0 aliphatic carbocycles. The molecule has 2 aromatic rings. The quantitative estimate of drug-likeness (QED) is 0.791. The summed E-state index contributed by atoms with van der Waals surface area (Å²) in [6.07, 6.45) is 2.65. The lowest BCUT2D eigenvalue weighted by Gasteiger charge is -2.04. The lowest BCUT2D eigenvalue weighted by molar-refractivity contribution is 0.0696. The number of aromatic nitrogens is 2. The van der Waals surface area contributed by atoms with Gasteiger partial charge in [-0.1, -0.05) is 0 Å². The number of furan rings is 1. The summed E-state index contributed by atoms with van der Waals surface area (Å²) in [5.41, 5.74) is 3.29. The normalized spacial score (nSPS) is 10.7. The number of nitrogens with zero attached hydrogens (tertiary/aromatic N) is 2. The van der Waals surface area contributed by atoms with Gasteiger partial charge in [-0.3, -0.25) is 9.48 Å². The van der Waals surface area contributed by atoms with E-state index in [0.717, 1.165) is 30.5 Å². The molecule has 7 heteroatoms. The molecule has 2 heterocycles. The molecule has 0 saturated heterocycles. The van der Waals surface area contributed by atoms with Crippen LogP contribution in [-0.2, 0) is 13.5 Å². The Morgan fingerprint density at radius 1 is 1.41 bits per heavy atom. The highest BCUT2D eigenvalue weighted by molar-refractivity contribution is 5.95. The molecular weight excluding hydrogens is 286 g/mol. The first-order chi connectivity index (χ1) is 10.4. The molecule has 0 spiro atoms. The number of rotatable bonds is 6. The first-order valence-electron chi connectivity index (χ1n) is 6.99. The van der Waals surface area contributed by atoms with Crippen LogP contribution in [0.2, 0.25) is 0 Å². The van der Waals surface area contributed by atoms with Gasteiger partial charge in [0.2, 0.25) is 0 Å². The molecule has 0 radical (unpaired) electrons. The van der Waals surface area contributed by atoms with E-state index in [0.29, 0.717) is 6.54 Å². The number of carbonyl (C=O) groups excluding carboxylic acids is 1. The average molecular weight is 305 g/mol. The Hall–Kier alpha value is -2.57. The molecule has 0 aliphatic rings. The molecule has 2 aromatic heterocycles. The Kier molecular flexibility index (Phi) is 4.65. The summed E-state index contributed by atoms with van der Waals surface area (Å²) in [6, 6.07) is 1.22. The minimum atomic E-state index is -1.12. The summed E-state index contributed by atoms with van der Waals surface area (Å²) in [6.45, 7) is 4.47. The summed E-state index contributed by atoms with van der Waals surface area (Å²) < 4.78 is 6.79. The molecule has 0 unspecified atom stereocenters. The van der Waals surface area contributed by atoms with Crippen LogP contribution in [0.5, 0.6) is 0 Å². The number of nitrogens with one attached hydrogen (secondary N) is 1. The maximum absolute atomic E-state index is 11.8. The van der Waals surface area contributed by atoms with Crippen LogP contribution < -0.4 is 5.32 Å². The van der Waals surface area contributed by atoms with Crippen molar-refractivity contribution in [2.75, 3.05) is 6.54 Å². The van der Waals surface area contributed by atoms with Crippen LogP contribution in [0.3, 0.4) is 0 Å². The Bertz CT molecular complexity index is 700. The van der Waals surface area contributed by atoms with Crippen LogP contribution in [-0.4, -0.2) is 33.3 Å². The predicted octanol–water partition coefficient (Wildman–Crippen LogP) is 1.69. The van der Waals surface area contributed by atoms with E-state index >= 15 is 0 Å². The van der Waals surface area contributed by atoms with Crippen LogP contribution in [0.1, 0.15) is 44.3 Å². The third-order valence-electron chi connectivity index (χ3n) is 3.62. The monoisotopic (exact) mass is 305 g/mol. The van der Waals surface area contributed by atoms with Crippen LogP contribution in [0.25, 0.3) is 0 Å². The van der Waals surface area contributed by atoms with Crippen LogP contribution >= 0.6 is 0 Å². The van der Waals surface area contributed by atoms with Crippen molar-refractivity contribution >= 4 is 11.9 Å². The van der Waals surface area contributed by atoms with E-state index < -0.39 is 11.9 Å². The van der Waals surface area contributed by atoms with E-state index in [1.54, 1.807) is 0 Å². The third kappa shape index (κ3) is 3.36. The van der Waals surface area contributed by atoms with Gasteiger partial charge in [-0.25, -0.2) is 4.79 Å². The topological polar surface area (TPSA) is 97.4 Å². The molecule has 0 aromatic carbocycles. The smallest absolute Gasteiger partial charge is 0.338 e. The van der Waals surface area contributed by atoms with Gasteiger partial charge >= 0.3 is 5.97 Å². The van der Waals surface area contributed by atoms with E-state index in [9.17, 15) is 9.59 Å². The van der Waals surface area contributed by atoms with Crippen LogP contribution in [0.4, 0.5) is 0 Å². The fourth-order valence-electron chi connectivity index (χ4n) is 2.30. The first-order valence-corrected chi connectivity index (χ1v) is 6.99. The summed E-state index contributed by atoms with van der Waals surface area (Å²) in [5, 5.41) is 15.8. The van der Waals surface area contributed by atoms with Crippen molar-refractivity contribution < 1.29 is 19.1 Å². The number of aromatic carboxylic acids is 1. The van der Waals surface area contributed by atoms with Crippen molar-refractivity contribution in [2.45, 2.75) is 26.7 Å². The van der Waals surface area contributed by atoms with Gasteiger partial charge in [-0.05, 0) is 32.3 Å². The summed E-state index contributed by atoms with van der Waals surface area (Å²) in [7, 11) is 1.91. The molecule has 0 saturated carbocycles. The summed E-state index contributed by atoms with van der Waals surface area (Å²) >= 11 is 0. The fourth-order valence-corrected chi connectivity index (χ4v) is 2.30. The Morgan fingerprint density at radius 2 is 2.14 bits per heavy atom. The average Bonchev–Trinajstić information content (AvgIpc) is 3.03. The lowest BCUT2D eigenvalue weighted by Crippen LogP contribution is -2.24. The van der Waals surface area contributed by atoms with Gasteiger partial charge in [-0.15, -0.1) is 0 Å². The number of hydrogen-bond acceptors (Lipinski definition) is 4. The van der Waals surface area contributed by atoms with Crippen LogP contribution in [0, 0.1) is 13.8 Å². The molecule has 7 nitrogen and oxygen atoms in total. The van der Waals surface area contributed by atoms with Gasteiger partial charge in [0.05, 0.1) is 11.3 Å². The zero-order valence-electron chi connectivity index (χ0n) is 12.8. The van der Waals surface area contributed by atoms with E-state index in [2.05, 4.69) is 10.4 Å². The molecular formula is C15H19N3O4. The van der Waals surface area contributed by atoms with Gasteiger partial charge < -0.3 is 14.8 Å². The van der Waals surface area contributed by atoms with Gasteiger partial charge in [0.25, 0.3) is 5.91 Å². The van der Waals surface area contributed by atoms with Crippen molar-refractivity contribution in [3.63, 3.8) is 0 Å². The Labute approximate surface area is 127 Å². The van der Waals surface area contributed by atoms with E-state index in [1.807, 2.05) is 25.6 Å². The van der Waals surface area contributed by atoms with E-state index in [1.165, 1.54) is 11.6 Å². The van der Waals surface area contributed by atoms with Gasteiger partial charge in [0, 0.05) is 25.4 Å². The second-order valence-corrected chi connectivity index (χ2v) is 5.14. The SMILES string of the molecule is Cc1nn(C)c(C)c1CCCNC(=O)c1cc(C(=O)O)co1. The largest absolute Gasteiger partial charge is 0.478 e. The predicted molar refractivity (Wildman–Crippen MR) is 79.0 cm³/mol. The van der Waals surface area contributed by atoms with Gasteiger partial charge in [0.15, 0.2) is 5.76 Å². The Morgan fingerprint density at radius 3 is 2.68 bits per heavy atom. The van der Waals surface area contributed by atoms with Crippen molar-refractivity contribution in [3.05, 3.63) is 40.6 Å². The number of carboxylic acids is 1. The lowest BCUT2D eigenvalue weighted by atomic mass is 10.1. The van der Waals surface area contributed by atoms with Gasteiger partial charge in [0.1, 0.15) is 6.26 Å². The second-order valence-electron chi connectivity index (χ2n) is 5.14. The molecule has 0 fully saturated rings. The molecule has 118 valence electrons. The number of hydrogen-bond donors (Lipinski definition) is 2. The van der Waals surface area contributed by atoms with Crippen molar-refractivity contribution in [1.29, 1.82) is 0 Å². The Balaban J connectivity index is 1.83. The molecule has 2 rings (SSSR count). The number of carboxylic acid groups (broad SMARTS) is 1. The number of amides is 1. The minimum Gasteiger partial charge on any atom is -0.478 e. The van der Waals surface area contributed by atoms with Crippen LogP contribution in [0.15, 0.2) is 16.7 Å². The standard InChI is InChI=1S/C15H19N3O4/c1-9-12(10(2)18(3)17-9)5-4-6-16-14(19)13-7-11(8-22-13)15(20)21/h7-8H,4-6H2,1-3H3,(H,16,19)(H,20,21). The maximum Gasteiger partial charge on any atom is 0.338 e. The second kappa shape index (κ2) is 6.46. The van der Waals surface area contributed by atoms with Crippen molar-refractivity contribution in [1.82, 2.24) is 15.1 Å². The molecule has 0 aliphatic heterocycles. The maximum atomic E-state index is 11.8. The summed E-state index contributed by atoms with van der Waals surface area (Å²) in [5.74, 6) is -1.52. The highest BCUT2D eigenvalue weighted by atomic mass is 16.4. The molecule has 0 bridgehead atoms. The van der Waals surface area contributed by atoms with Crippen molar-refractivity contribution in [3.8, 4) is 0 Å². The highest BCUT2D eigenvalue weighted by Crippen LogP contribution is 2.13. The summed E-state index contributed by atoms with van der Waals surface area (Å²) in [4.78, 5) is 22.5. The number of aryl methyl sites for hydroxylation is 2. The van der Waals surface area contributed by atoms with E-state index in [4.69, 9.17) is 9.52 Å². The molecule has 2 N–H and O–H groups in total. The van der Waals surface area contributed by atoms with Crippen molar-refractivity contribution in [2.24, 2.45) is 7.05 Å². The van der Waals surface area contributed by atoms with E-state index in [-0.39, 0.29) is 11.3 Å². The minimum absolute atomic E-state index is 0.00568. The zero-order chi connectivity index (χ0) is 16.3. The van der Waals surface area contributed by atoms with Gasteiger partial charge in [-0.2, -0.15) is 5.10 Å². The fraction of sp³-hybridized carbons (Fsp3) is 0.400. The highest BCUT2D eigenvalue weighted by Gasteiger charge is 2.14. The number of carbonyl (C=O) groups is 2. The zero-order valence-corrected chi connectivity index (χ0v) is 12.8.